The molecule has 4 rings (SSSR count). The van der Waals surface area contributed by atoms with E-state index in [1.807, 2.05) is 43.5 Å². The first kappa shape index (κ1) is 15.2. The van der Waals surface area contributed by atoms with Gasteiger partial charge in [-0.1, -0.05) is 35.9 Å². The maximum atomic E-state index is 9.19. The molecule has 0 saturated heterocycles. The van der Waals surface area contributed by atoms with E-state index in [-0.39, 0.29) is 6.61 Å². The molecule has 4 heteroatoms. The molecule has 0 spiro atoms. The van der Waals surface area contributed by atoms with Crippen LogP contribution in [0.5, 0.6) is 0 Å². The van der Waals surface area contributed by atoms with Gasteiger partial charge in [0.1, 0.15) is 0 Å². The highest BCUT2D eigenvalue weighted by Crippen LogP contribution is 2.36. The normalized spacial score (nSPS) is 11.5. The van der Waals surface area contributed by atoms with Crippen LogP contribution in [0.3, 0.4) is 0 Å². The average molecular weight is 337 g/mol. The number of halogens is 1. The maximum Gasteiger partial charge on any atom is 0.0681 e. The number of aliphatic hydroxyl groups is 1. The zero-order valence-electron chi connectivity index (χ0n) is 13.3. The van der Waals surface area contributed by atoms with Gasteiger partial charge in [-0.2, -0.15) is 0 Å². The number of aliphatic hydroxyl groups excluding tert-OH is 1. The molecule has 2 aromatic heterocycles. The van der Waals surface area contributed by atoms with E-state index in [4.69, 9.17) is 11.6 Å². The number of aromatic nitrogens is 2. The van der Waals surface area contributed by atoms with Crippen LogP contribution in [-0.4, -0.2) is 21.7 Å². The van der Waals surface area contributed by atoms with E-state index in [1.165, 1.54) is 0 Å². The second-order valence-corrected chi connectivity index (χ2v) is 6.43. The van der Waals surface area contributed by atoms with E-state index in [0.29, 0.717) is 11.4 Å². The molecule has 2 N–H and O–H groups in total. The predicted octanol–water partition coefficient (Wildman–Crippen LogP) is 4.88. The summed E-state index contributed by atoms with van der Waals surface area (Å²) in [6.45, 7) is 2.15. The van der Waals surface area contributed by atoms with Crippen LogP contribution >= 0.6 is 11.6 Å². The third kappa shape index (κ3) is 2.46. The summed E-state index contributed by atoms with van der Waals surface area (Å²) in [4.78, 5) is 7.90. The van der Waals surface area contributed by atoms with Gasteiger partial charge in [0.25, 0.3) is 0 Å². The molecule has 2 heterocycles. The standard InChI is InChI=1S/C20H17ClN2O/c1-12-19-16(5-7-22-12)18-11-15(21)10-17(20(18)23-19)14-4-2-3-13(9-14)6-8-24/h2-5,7,9-11,23-24H,6,8H2,1H3. The van der Waals surface area contributed by atoms with Crippen molar-refractivity contribution in [3.05, 3.63) is 64.9 Å². The summed E-state index contributed by atoms with van der Waals surface area (Å²) >= 11 is 6.40. The Kier molecular flexibility index (Phi) is 3.75. The zero-order valence-corrected chi connectivity index (χ0v) is 14.1. The molecule has 4 aromatic rings. The number of aromatic amines is 1. The van der Waals surface area contributed by atoms with E-state index >= 15 is 0 Å². The smallest absolute Gasteiger partial charge is 0.0681 e. The van der Waals surface area contributed by atoms with E-state index in [1.54, 1.807) is 0 Å². The van der Waals surface area contributed by atoms with Crippen LogP contribution in [0.25, 0.3) is 32.9 Å². The summed E-state index contributed by atoms with van der Waals surface area (Å²) in [7, 11) is 0. The lowest BCUT2D eigenvalue weighted by molar-refractivity contribution is 0.299. The molecule has 0 aliphatic carbocycles. The Morgan fingerprint density at radius 3 is 2.79 bits per heavy atom. The van der Waals surface area contributed by atoms with Gasteiger partial charge in [0.2, 0.25) is 0 Å². The van der Waals surface area contributed by atoms with Gasteiger partial charge >= 0.3 is 0 Å². The molecule has 0 unspecified atom stereocenters. The van der Waals surface area contributed by atoms with Gasteiger partial charge in [0.05, 0.1) is 16.7 Å². The molecule has 0 amide bonds. The fraction of sp³-hybridized carbons (Fsp3) is 0.150. The Balaban J connectivity index is 2.03. The Labute approximate surface area is 144 Å². The van der Waals surface area contributed by atoms with Crippen LogP contribution in [-0.2, 0) is 6.42 Å². The van der Waals surface area contributed by atoms with Crippen LogP contribution in [0.2, 0.25) is 5.02 Å². The molecular weight excluding hydrogens is 320 g/mol. The first-order valence-electron chi connectivity index (χ1n) is 7.94. The third-order valence-corrected chi connectivity index (χ3v) is 4.64. The van der Waals surface area contributed by atoms with Crippen LogP contribution in [0, 0.1) is 6.92 Å². The quantitative estimate of drug-likeness (QED) is 0.560. The van der Waals surface area contributed by atoms with Crippen LogP contribution < -0.4 is 0 Å². The topological polar surface area (TPSA) is 48.9 Å². The average Bonchev–Trinajstić information content (AvgIpc) is 2.95. The van der Waals surface area contributed by atoms with Gasteiger partial charge < -0.3 is 10.1 Å². The van der Waals surface area contributed by atoms with Crippen molar-refractivity contribution < 1.29 is 5.11 Å². The van der Waals surface area contributed by atoms with Crippen molar-refractivity contribution in [1.82, 2.24) is 9.97 Å². The summed E-state index contributed by atoms with van der Waals surface area (Å²) in [5.74, 6) is 0. The van der Waals surface area contributed by atoms with E-state index < -0.39 is 0 Å². The zero-order chi connectivity index (χ0) is 16.7. The van der Waals surface area contributed by atoms with Crippen LogP contribution in [0.1, 0.15) is 11.3 Å². The third-order valence-electron chi connectivity index (χ3n) is 4.42. The number of fused-ring (bicyclic) bond motifs is 3. The van der Waals surface area contributed by atoms with Gasteiger partial charge in [-0.3, -0.25) is 4.98 Å². The summed E-state index contributed by atoms with van der Waals surface area (Å²) in [5, 5.41) is 12.1. The molecule has 3 nitrogen and oxygen atoms in total. The molecule has 0 atom stereocenters. The van der Waals surface area contributed by atoms with Crippen LogP contribution in [0.4, 0.5) is 0 Å². The van der Waals surface area contributed by atoms with Crippen molar-refractivity contribution in [1.29, 1.82) is 0 Å². The van der Waals surface area contributed by atoms with Crippen molar-refractivity contribution in [2.75, 3.05) is 6.61 Å². The van der Waals surface area contributed by atoms with Crippen molar-refractivity contribution in [3.8, 4) is 11.1 Å². The fourth-order valence-corrected chi connectivity index (χ4v) is 3.50. The van der Waals surface area contributed by atoms with Crippen molar-refractivity contribution in [2.24, 2.45) is 0 Å². The molecule has 0 bridgehead atoms. The highest BCUT2D eigenvalue weighted by molar-refractivity contribution is 6.32. The minimum atomic E-state index is 0.145. The molecule has 0 radical (unpaired) electrons. The van der Waals surface area contributed by atoms with E-state index in [0.717, 1.165) is 44.2 Å². The largest absolute Gasteiger partial charge is 0.396 e. The monoisotopic (exact) mass is 336 g/mol. The van der Waals surface area contributed by atoms with Gasteiger partial charge in [-0.25, -0.2) is 0 Å². The summed E-state index contributed by atoms with van der Waals surface area (Å²) in [6, 6.07) is 14.2. The Morgan fingerprint density at radius 2 is 1.96 bits per heavy atom. The van der Waals surface area contributed by atoms with E-state index in [9.17, 15) is 5.11 Å². The summed E-state index contributed by atoms with van der Waals surface area (Å²) in [5.41, 5.74) is 6.34. The number of H-pyrrole nitrogens is 1. The number of pyridine rings is 1. The molecule has 0 aliphatic heterocycles. The lowest BCUT2D eigenvalue weighted by atomic mass is 9.99. The number of aryl methyl sites for hydroxylation is 1. The molecule has 24 heavy (non-hydrogen) atoms. The molecular formula is C20H17ClN2O. The van der Waals surface area contributed by atoms with Gasteiger partial charge in [-0.05, 0) is 42.7 Å². The Morgan fingerprint density at radius 1 is 1.08 bits per heavy atom. The Bertz CT molecular complexity index is 1050. The minimum Gasteiger partial charge on any atom is -0.396 e. The SMILES string of the molecule is Cc1nccc2c1[nH]c1c(-c3cccc(CCO)c3)cc(Cl)cc12. The second-order valence-electron chi connectivity index (χ2n) is 5.99. The summed E-state index contributed by atoms with van der Waals surface area (Å²) < 4.78 is 0. The lowest BCUT2D eigenvalue weighted by Gasteiger charge is -2.07. The maximum absolute atomic E-state index is 9.19. The van der Waals surface area contributed by atoms with Gasteiger partial charge in [0.15, 0.2) is 0 Å². The lowest BCUT2D eigenvalue weighted by Crippen LogP contribution is -1.91. The number of benzene rings is 2. The minimum absolute atomic E-state index is 0.145. The molecule has 0 fully saturated rings. The van der Waals surface area contributed by atoms with Gasteiger partial charge in [0, 0.05) is 34.2 Å². The fourth-order valence-electron chi connectivity index (χ4n) is 3.28. The van der Waals surface area contributed by atoms with Gasteiger partial charge in [-0.15, -0.1) is 0 Å². The number of hydrogen-bond donors (Lipinski definition) is 2. The summed E-state index contributed by atoms with van der Waals surface area (Å²) in [6.07, 6.45) is 2.47. The second kappa shape index (κ2) is 5.93. The highest BCUT2D eigenvalue weighted by atomic mass is 35.5. The van der Waals surface area contributed by atoms with Crippen LogP contribution in [0.15, 0.2) is 48.7 Å². The van der Waals surface area contributed by atoms with E-state index in [2.05, 4.69) is 22.1 Å². The number of rotatable bonds is 3. The van der Waals surface area contributed by atoms with Crippen molar-refractivity contribution >= 4 is 33.4 Å². The molecule has 2 aromatic carbocycles. The number of hydrogen-bond acceptors (Lipinski definition) is 2. The molecule has 120 valence electrons. The number of nitrogens with zero attached hydrogens (tertiary/aromatic N) is 1. The first-order valence-corrected chi connectivity index (χ1v) is 8.32. The molecule has 0 aliphatic rings. The van der Waals surface area contributed by atoms with Crippen molar-refractivity contribution in [2.45, 2.75) is 13.3 Å². The predicted molar refractivity (Wildman–Crippen MR) is 99.6 cm³/mol. The number of nitrogens with one attached hydrogen (secondary N) is 1. The van der Waals surface area contributed by atoms with Crippen molar-refractivity contribution in [3.63, 3.8) is 0 Å². The first-order chi connectivity index (χ1) is 11.7. The Hall–Kier alpha value is -2.36. The highest BCUT2D eigenvalue weighted by Gasteiger charge is 2.13. The molecule has 0 saturated carbocycles.